The highest BCUT2D eigenvalue weighted by molar-refractivity contribution is 5.94. The summed E-state index contributed by atoms with van der Waals surface area (Å²) in [5.74, 6) is -3.23. The molecule has 1 aliphatic heterocycles. The first-order valence-electron chi connectivity index (χ1n) is 6.62. The standard InChI is InChI=1S/C14H16F2N2O3/c1-9(19)13(20)17-5-7-18(8-6-17)14(21)10-3-2-4-11(15)12(10)16/h2-4,9,19H,5-8H2,1H3. The quantitative estimate of drug-likeness (QED) is 0.871. The van der Waals surface area contributed by atoms with E-state index in [-0.39, 0.29) is 31.7 Å². The third-order valence-electron chi connectivity index (χ3n) is 3.42. The molecule has 0 aliphatic carbocycles. The highest BCUT2D eigenvalue weighted by Gasteiger charge is 2.28. The fraction of sp³-hybridized carbons (Fsp3) is 0.429. The van der Waals surface area contributed by atoms with Crippen LogP contribution in [0.3, 0.4) is 0 Å². The molecule has 1 aromatic carbocycles. The molecule has 0 spiro atoms. The van der Waals surface area contributed by atoms with Gasteiger partial charge < -0.3 is 14.9 Å². The molecule has 0 bridgehead atoms. The minimum absolute atomic E-state index is 0.216. The van der Waals surface area contributed by atoms with Crippen molar-refractivity contribution < 1.29 is 23.5 Å². The molecule has 1 saturated heterocycles. The summed E-state index contributed by atoms with van der Waals surface area (Å²) in [6.45, 7) is 2.32. The molecule has 114 valence electrons. The Morgan fingerprint density at radius 1 is 1.14 bits per heavy atom. The van der Waals surface area contributed by atoms with Crippen molar-refractivity contribution in [3.63, 3.8) is 0 Å². The molecular formula is C14H16F2N2O3. The van der Waals surface area contributed by atoms with E-state index in [9.17, 15) is 23.5 Å². The zero-order valence-electron chi connectivity index (χ0n) is 11.6. The summed E-state index contributed by atoms with van der Waals surface area (Å²) in [6, 6.07) is 3.46. The highest BCUT2D eigenvalue weighted by Crippen LogP contribution is 2.15. The molecule has 2 rings (SSSR count). The molecular weight excluding hydrogens is 282 g/mol. The molecule has 7 heteroatoms. The van der Waals surface area contributed by atoms with E-state index in [2.05, 4.69) is 0 Å². The van der Waals surface area contributed by atoms with Gasteiger partial charge in [0.05, 0.1) is 5.56 Å². The first-order chi connectivity index (χ1) is 9.91. The van der Waals surface area contributed by atoms with Crippen LogP contribution in [0.5, 0.6) is 0 Å². The summed E-state index contributed by atoms with van der Waals surface area (Å²) in [5, 5.41) is 9.23. The number of hydrogen-bond donors (Lipinski definition) is 1. The van der Waals surface area contributed by atoms with Crippen molar-refractivity contribution in [1.82, 2.24) is 9.80 Å². The summed E-state index contributed by atoms with van der Waals surface area (Å²) in [4.78, 5) is 26.6. The Morgan fingerprint density at radius 3 is 2.29 bits per heavy atom. The monoisotopic (exact) mass is 298 g/mol. The van der Waals surface area contributed by atoms with E-state index in [4.69, 9.17) is 0 Å². The number of amides is 2. The van der Waals surface area contributed by atoms with E-state index in [1.165, 1.54) is 28.9 Å². The fourth-order valence-electron chi connectivity index (χ4n) is 2.23. The Bertz CT molecular complexity index is 555. The molecule has 2 amide bonds. The lowest BCUT2D eigenvalue weighted by atomic mass is 10.1. The van der Waals surface area contributed by atoms with Crippen molar-refractivity contribution in [3.8, 4) is 0 Å². The van der Waals surface area contributed by atoms with Crippen molar-refractivity contribution in [2.45, 2.75) is 13.0 Å². The molecule has 1 aromatic rings. The van der Waals surface area contributed by atoms with Crippen LogP contribution >= 0.6 is 0 Å². The number of rotatable bonds is 2. The van der Waals surface area contributed by atoms with E-state index >= 15 is 0 Å². The SMILES string of the molecule is CC(O)C(=O)N1CCN(C(=O)c2cccc(F)c2F)CC1. The van der Waals surface area contributed by atoms with Gasteiger partial charge in [0.25, 0.3) is 11.8 Å². The van der Waals surface area contributed by atoms with E-state index < -0.39 is 29.6 Å². The summed E-state index contributed by atoms with van der Waals surface area (Å²) in [6.07, 6.45) is -1.09. The van der Waals surface area contributed by atoms with Crippen LogP contribution in [0, 0.1) is 11.6 Å². The maximum Gasteiger partial charge on any atom is 0.257 e. The molecule has 1 fully saturated rings. The second kappa shape index (κ2) is 6.17. The average molecular weight is 298 g/mol. The number of piperazine rings is 1. The number of hydrogen-bond acceptors (Lipinski definition) is 3. The number of halogens is 2. The lowest BCUT2D eigenvalue weighted by molar-refractivity contribution is -0.140. The Balaban J connectivity index is 2.04. The van der Waals surface area contributed by atoms with Crippen LogP contribution in [-0.2, 0) is 4.79 Å². The molecule has 1 aliphatic rings. The highest BCUT2D eigenvalue weighted by atomic mass is 19.2. The second-order valence-electron chi connectivity index (χ2n) is 4.89. The molecule has 1 N–H and O–H groups in total. The van der Waals surface area contributed by atoms with Gasteiger partial charge in [0.15, 0.2) is 11.6 Å². The molecule has 0 saturated carbocycles. The normalized spacial score (nSPS) is 16.8. The number of carbonyl (C=O) groups excluding carboxylic acids is 2. The third-order valence-corrected chi connectivity index (χ3v) is 3.42. The number of aliphatic hydroxyl groups excluding tert-OH is 1. The second-order valence-corrected chi connectivity index (χ2v) is 4.89. The summed E-state index contributed by atoms with van der Waals surface area (Å²) in [5.41, 5.74) is -0.315. The van der Waals surface area contributed by atoms with Crippen LogP contribution in [0.2, 0.25) is 0 Å². The maximum atomic E-state index is 13.6. The summed E-state index contributed by atoms with van der Waals surface area (Å²) < 4.78 is 26.7. The van der Waals surface area contributed by atoms with E-state index in [0.29, 0.717) is 0 Å². The van der Waals surface area contributed by atoms with Crippen molar-refractivity contribution in [3.05, 3.63) is 35.4 Å². The van der Waals surface area contributed by atoms with Crippen LogP contribution in [0.4, 0.5) is 8.78 Å². The largest absolute Gasteiger partial charge is 0.384 e. The number of benzene rings is 1. The Labute approximate surface area is 120 Å². The predicted molar refractivity (Wildman–Crippen MR) is 70.5 cm³/mol. The molecule has 1 atom stereocenters. The minimum Gasteiger partial charge on any atom is -0.384 e. The van der Waals surface area contributed by atoms with E-state index in [0.717, 1.165) is 6.07 Å². The number of aliphatic hydroxyl groups is 1. The molecule has 0 radical (unpaired) electrons. The van der Waals surface area contributed by atoms with Crippen molar-refractivity contribution >= 4 is 11.8 Å². The van der Waals surface area contributed by atoms with Crippen LogP contribution in [0.25, 0.3) is 0 Å². The van der Waals surface area contributed by atoms with Crippen molar-refractivity contribution in [2.24, 2.45) is 0 Å². The molecule has 21 heavy (non-hydrogen) atoms. The van der Waals surface area contributed by atoms with Gasteiger partial charge in [-0.3, -0.25) is 9.59 Å². The van der Waals surface area contributed by atoms with Gasteiger partial charge in [-0.25, -0.2) is 8.78 Å². The Hall–Kier alpha value is -2.02. The van der Waals surface area contributed by atoms with Crippen LogP contribution in [0.1, 0.15) is 17.3 Å². The van der Waals surface area contributed by atoms with Crippen molar-refractivity contribution in [2.75, 3.05) is 26.2 Å². The smallest absolute Gasteiger partial charge is 0.257 e. The van der Waals surface area contributed by atoms with Crippen LogP contribution in [-0.4, -0.2) is 59.0 Å². The Kier molecular flexibility index (Phi) is 4.52. The van der Waals surface area contributed by atoms with Crippen LogP contribution in [0.15, 0.2) is 18.2 Å². The Morgan fingerprint density at radius 2 is 1.71 bits per heavy atom. The molecule has 0 aromatic heterocycles. The lowest BCUT2D eigenvalue weighted by Gasteiger charge is -2.35. The zero-order valence-corrected chi connectivity index (χ0v) is 11.6. The maximum absolute atomic E-state index is 13.6. The van der Waals surface area contributed by atoms with E-state index in [1.54, 1.807) is 0 Å². The van der Waals surface area contributed by atoms with Gasteiger partial charge in [-0.2, -0.15) is 0 Å². The van der Waals surface area contributed by atoms with Gasteiger partial charge in [0, 0.05) is 26.2 Å². The minimum atomic E-state index is -1.16. The first kappa shape index (κ1) is 15.4. The van der Waals surface area contributed by atoms with Gasteiger partial charge in [-0.15, -0.1) is 0 Å². The average Bonchev–Trinajstić information content (AvgIpc) is 2.48. The topological polar surface area (TPSA) is 60.9 Å². The van der Waals surface area contributed by atoms with Crippen LogP contribution < -0.4 is 0 Å². The summed E-state index contributed by atoms with van der Waals surface area (Å²) in [7, 11) is 0. The number of nitrogens with zero attached hydrogens (tertiary/aromatic N) is 2. The van der Waals surface area contributed by atoms with Gasteiger partial charge >= 0.3 is 0 Å². The van der Waals surface area contributed by atoms with Crippen molar-refractivity contribution in [1.29, 1.82) is 0 Å². The van der Waals surface area contributed by atoms with E-state index in [1.807, 2.05) is 0 Å². The first-order valence-corrected chi connectivity index (χ1v) is 6.62. The lowest BCUT2D eigenvalue weighted by Crippen LogP contribution is -2.52. The van der Waals surface area contributed by atoms with Gasteiger partial charge in [0.2, 0.25) is 0 Å². The molecule has 1 heterocycles. The zero-order chi connectivity index (χ0) is 15.6. The predicted octanol–water partition coefficient (Wildman–Crippen LogP) is 0.630. The van der Waals surface area contributed by atoms with Gasteiger partial charge in [0.1, 0.15) is 6.10 Å². The fourth-order valence-corrected chi connectivity index (χ4v) is 2.23. The van der Waals surface area contributed by atoms with Gasteiger partial charge in [-0.05, 0) is 19.1 Å². The molecule has 5 nitrogen and oxygen atoms in total. The molecule has 1 unspecified atom stereocenters. The third kappa shape index (κ3) is 3.18. The van der Waals surface area contributed by atoms with Gasteiger partial charge in [-0.1, -0.05) is 6.07 Å². The summed E-state index contributed by atoms with van der Waals surface area (Å²) >= 11 is 0. The number of carbonyl (C=O) groups is 2.